The molecule has 0 spiro atoms. The van der Waals surface area contributed by atoms with Crippen LogP contribution in [0, 0.1) is 0 Å². The fraction of sp³-hybridized carbons (Fsp3) is 0.579. The summed E-state index contributed by atoms with van der Waals surface area (Å²) in [6, 6.07) is 7.25. The summed E-state index contributed by atoms with van der Waals surface area (Å²) >= 11 is 0. The van der Waals surface area contributed by atoms with Crippen LogP contribution in [0.15, 0.2) is 24.3 Å². The van der Waals surface area contributed by atoms with E-state index >= 15 is 0 Å². The first-order chi connectivity index (χ1) is 12.2. The molecule has 1 aliphatic rings. The third-order valence-electron chi connectivity index (χ3n) is 4.56. The fourth-order valence-corrected chi connectivity index (χ4v) is 3.14. The summed E-state index contributed by atoms with van der Waals surface area (Å²) in [5.74, 6) is 0.619. The van der Waals surface area contributed by atoms with Crippen molar-refractivity contribution < 1.29 is 19.2 Å². The molecule has 7 heteroatoms. The van der Waals surface area contributed by atoms with Gasteiger partial charge < -0.3 is 19.9 Å². The molecular weight excluding hydrogens is 332 g/mol. The number of quaternary nitrogens is 1. The maximum atomic E-state index is 12.4. The van der Waals surface area contributed by atoms with Gasteiger partial charge in [-0.15, -0.1) is 0 Å². The molecule has 1 aromatic rings. The van der Waals surface area contributed by atoms with E-state index in [4.69, 9.17) is 4.74 Å². The van der Waals surface area contributed by atoms with Gasteiger partial charge in [0.1, 0.15) is 5.75 Å². The lowest BCUT2D eigenvalue weighted by atomic mass is 10.1. The Balaban J connectivity index is 1.88. The molecule has 0 bridgehead atoms. The second-order valence-corrected chi connectivity index (χ2v) is 7.73. The van der Waals surface area contributed by atoms with Crippen LogP contribution in [0.25, 0.3) is 0 Å². The van der Waals surface area contributed by atoms with E-state index in [0.717, 1.165) is 37.6 Å². The summed E-state index contributed by atoms with van der Waals surface area (Å²) in [6.45, 7) is 10.8. The van der Waals surface area contributed by atoms with E-state index in [1.54, 1.807) is 7.11 Å². The zero-order valence-corrected chi connectivity index (χ0v) is 16.4. The minimum Gasteiger partial charge on any atom is -0.495 e. The summed E-state index contributed by atoms with van der Waals surface area (Å²) in [6.07, 6.45) is 0. The number of ether oxygens (including phenoxy) is 1. The molecule has 1 heterocycles. The number of carbonyl (C=O) groups is 2. The van der Waals surface area contributed by atoms with E-state index in [0.29, 0.717) is 0 Å². The molecule has 1 aromatic carbocycles. The van der Waals surface area contributed by atoms with Gasteiger partial charge in [-0.3, -0.25) is 10.1 Å². The van der Waals surface area contributed by atoms with Gasteiger partial charge in [0.15, 0.2) is 6.04 Å². The molecule has 3 N–H and O–H groups in total. The Labute approximate surface area is 155 Å². The largest absolute Gasteiger partial charge is 0.495 e. The molecule has 1 fully saturated rings. The predicted octanol–water partition coefficient (Wildman–Crippen LogP) is 0.413. The van der Waals surface area contributed by atoms with E-state index in [9.17, 15) is 9.59 Å². The highest BCUT2D eigenvalue weighted by Gasteiger charge is 2.31. The molecule has 0 saturated carbocycles. The Morgan fingerprint density at radius 2 is 1.81 bits per heavy atom. The third-order valence-corrected chi connectivity index (χ3v) is 4.56. The number of rotatable bonds is 4. The lowest BCUT2D eigenvalue weighted by molar-refractivity contribution is -0.914. The highest BCUT2D eigenvalue weighted by Crippen LogP contribution is 2.27. The van der Waals surface area contributed by atoms with Gasteiger partial charge in [-0.1, -0.05) is 12.1 Å². The van der Waals surface area contributed by atoms with Gasteiger partial charge in [-0.25, -0.2) is 4.79 Å². The molecule has 0 unspecified atom stereocenters. The van der Waals surface area contributed by atoms with E-state index in [-0.39, 0.29) is 17.5 Å². The average molecular weight is 363 g/mol. The van der Waals surface area contributed by atoms with Crippen LogP contribution in [-0.4, -0.2) is 56.8 Å². The molecule has 1 saturated heterocycles. The van der Waals surface area contributed by atoms with Crippen LogP contribution in [0.1, 0.15) is 27.7 Å². The topological polar surface area (TPSA) is 75.1 Å². The smallest absolute Gasteiger partial charge is 0.322 e. The van der Waals surface area contributed by atoms with Crippen molar-refractivity contribution in [2.45, 2.75) is 39.3 Å². The van der Waals surface area contributed by atoms with Crippen molar-refractivity contribution in [2.75, 3.05) is 38.2 Å². The molecule has 3 amide bonds. The molecule has 0 aliphatic carbocycles. The Morgan fingerprint density at radius 3 is 2.38 bits per heavy atom. The molecule has 144 valence electrons. The molecule has 7 nitrogen and oxygen atoms in total. The minimum atomic E-state index is -0.443. The molecule has 1 atom stereocenters. The Kier molecular flexibility index (Phi) is 6.47. The number of carbonyl (C=O) groups excluding carboxylic acids is 2. The number of methoxy groups -OCH3 is 1. The summed E-state index contributed by atoms with van der Waals surface area (Å²) < 4.78 is 5.44. The van der Waals surface area contributed by atoms with Crippen LogP contribution in [0.4, 0.5) is 10.5 Å². The number of hydrogen-bond donors (Lipinski definition) is 3. The highest BCUT2D eigenvalue weighted by atomic mass is 16.5. The van der Waals surface area contributed by atoms with Gasteiger partial charge in [-0.05, 0) is 39.8 Å². The Morgan fingerprint density at radius 1 is 1.19 bits per heavy atom. The van der Waals surface area contributed by atoms with Crippen LogP contribution >= 0.6 is 0 Å². The number of amides is 3. The zero-order valence-electron chi connectivity index (χ0n) is 16.4. The predicted molar refractivity (Wildman–Crippen MR) is 102 cm³/mol. The van der Waals surface area contributed by atoms with E-state index in [2.05, 4.69) is 21.6 Å². The number of piperazine rings is 1. The summed E-state index contributed by atoms with van der Waals surface area (Å²) in [5, 5.41) is 5.20. The summed E-state index contributed by atoms with van der Waals surface area (Å²) in [4.78, 5) is 27.7. The highest BCUT2D eigenvalue weighted by molar-refractivity contribution is 5.96. The Hall–Kier alpha value is -2.28. The van der Waals surface area contributed by atoms with Gasteiger partial charge in [-0.2, -0.15) is 0 Å². The zero-order chi connectivity index (χ0) is 19.3. The normalized spacial score (nSPS) is 16.7. The van der Waals surface area contributed by atoms with Crippen molar-refractivity contribution in [1.29, 1.82) is 0 Å². The number of nitrogens with one attached hydrogen (secondary N) is 3. The van der Waals surface area contributed by atoms with Gasteiger partial charge in [0.05, 0.1) is 39.0 Å². The number of urea groups is 1. The molecule has 26 heavy (non-hydrogen) atoms. The maximum Gasteiger partial charge on any atom is 0.322 e. The monoisotopic (exact) mass is 363 g/mol. The van der Waals surface area contributed by atoms with E-state index in [1.807, 2.05) is 45.9 Å². The number of nitrogens with zero attached hydrogens (tertiary/aromatic N) is 1. The number of benzene rings is 1. The van der Waals surface area contributed by atoms with E-state index < -0.39 is 6.03 Å². The van der Waals surface area contributed by atoms with Crippen LogP contribution < -0.4 is 25.2 Å². The molecule has 0 radical (unpaired) electrons. The van der Waals surface area contributed by atoms with Gasteiger partial charge in [0.25, 0.3) is 5.91 Å². The first-order valence-corrected chi connectivity index (χ1v) is 9.07. The fourth-order valence-electron chi connectivity index (χ4n) is 3.14. The van der Waals surface area contributed by atoms with Crippen LogP contribution in [0.2, 0.25) is 0 Å². The summed E-state index contributed by atoms with van der Waals surface area (Å²) in [7, 11) is 1.68. The van der Waals surface area contributed by atoms with Crippen LogP contribution in [-0.2, 0) is 4.79 Å². The van der Waals surface area contributed by atoms with Crippen LogP contribution in [0.3, 0.4) is 0 Å². The summed E-state index contributed by atoms with van der Waals surface area (Å²) in [5.41, 5.74) is 0.705. The first kappa shape index (κ1) is 20.0. The van der Waals surface area contributed by atoms with Gasteiger partial charge in [0, 0.05) is 5.54 Å². The second kappa shape index (κ2) is 8.40. The third kappa shape index (κ3) is 5.36. The molecule has 2 rings (SSSR count). The quantitative estimate of drug-likeness (QED) is 0.725. The SMILES string of the molecule is COc1ccccc1N1CC[NH+]([C@H](C)C(=O)NC(=O)NC(C)(C)C)CC1. The van der Waals surface area contributed by atoms with Crippen molar-refractivity contribution in [3.63, 3.8) is 0 Å². The van der Waals surface area contributed by atoms with Crippen molar-refractivity contribution in [2.24, 2.45) is 0 Å². The van der Waals surface area contributed by atoms with Crippen molar-refractivity contribution in [3.05, 3.63) is 24.3 Å². The van der Waals surface area contributed by atoms with Crippen LogP contribution in [0.5, 0.6) is 5.75 Å². The standard InChI is InChI=1S/C19H30N4O3/c1-14(17(24)20-18(25)21-19(2,3)4)22-10-12-23(13-11-22)15-8-6-7-9-16(15)26-5/h6-9,14H,10-13H2,1-5H3,(H2,20,21,24,25)/p+1/t14-/m1/s1. The Bertz CT molecular complexity index is 634. The lowest BCUT2D eigenvalue weighted by Gasteiger charge is -2.36. The first-order valence-electron chi connectivity index (χ1n) is 9.07. The molecule has 1 aliphatic heterocycles. The molecular formula is C19H31N4O3+. The number of anilines is 1. The van der Waals surface area contributed by atoms with E-state index in [1.165, 1.54) is 4.90 Å². The van der Waals surface area contributed by atoms with Gasteiger partial charge in [0.2, 0.25) is 0 Å². The molecule has 0 aromatic heterocycles. The maximum absolute atomic E-state index is 12.4. The lowest BCUT2D eigenvalue weighted by Crippen LogP contribution is -3.19. The van der Waals surface area contributed by atoms with Crippen molar-refractivity contribution >= 4 is 17.6 Å². The number of hydrogen-bond acceptors (Lipinski definition) is 4. The second-order valence-electron chi connectivity index (χ2n) is 7.73. The van der Waals surface area contributed by atoms with Crippen molar-refractivity contribution in [3.8, 4) is 5.75 Å². The number of para-hydroxylation sites is 2. The average Bonchev–Trinajstić information content (AvgIpc) is 2.59. The van der Waals surface area contributed by atoms with Crippen molar-refractivity contribution in [1.82, 2.24) is 10.6 Å². The minimum absolute atomic E-state index is 0.243. The van der Waals surface area contributed by atoms with Gasteiger partial charge >= 0.3 is 6.03 Å². The number of imide groups is 1.